The van der Waals surface area contributed by atoms with Crippen LogP contribution >= 0.6 is 0 Å². The maximum atomic E-state index is 12.1. The van der Waals surface area contributed by atoms with Crippen molar-refractivity contribution in [3.63, 3.8) is 0 Å². The van der Waals surface area contributed by atoms with Gasteiger partial charge >= 0.3 is 0 Å². The zero-order chi connectivity index (χ0) is 14.3. The van der Waals surface area contributed by atoms with E-state index >= 15 is 0 Å². The lowest BCUT2D eigenvalue weighted by atomic mass is 9.78. The van der Waals surface area contributed by atoms with Crippen LogP contribution in [0, 0.1) is 11.8 Å². The van der Waals surface area contributed by atoms with Gasteiger partial charge in [-0.05, 0) is 31.6 Å². The van der Waals surface area contributed by atoms with Gasteiger partial charge in [0, 0.05) is 31.5 Å². The highest BCUT2D eigenvalue weighted by molar-refractivity contribution is 5.80. The first-order chi connectivity index (χ1) is 9.04. The summed E-state index contributed by atoms with van der Waals surface area (Å²) in [4.78, 5) is 23.4. The fourth-order valence-corrected chi connectivity index (χ4v) is 2.50. The second kappa shape index (κ2) is 8.15. The van der Waals surface area contributed by atoms with E-state index in [0.29, 0.717) is 25.4 Å². The molecule has 0 radical (unpaired) electrons. The molecular weight excluding hydrogens is 242 g/mol. The Kier molecular flexibility index (Phi) is 6.84. The summed E-state index contributed by atoms with van der Waals surface area (Å²) in [6.45, 7) is 5.22. The number of nitrogens with one attached hydrogen (secondary N) is 2. The number of carbonyl (C=O) groups excluding carboxylic acids is 2. The molecule has 0 saturated heterocycles. The Hall–Kier alpha value is -1.10. The highest BCUT2D eigenvalue weighted by Crippen LogP contribution is 2.29. The van der Waals surface area contributed by atoms with Crippen molar-refractivity contribution in [1.82, 2.24) is 10.6 Å². The summed E-state index contributed by atoms with van der Waals surface area (Å²) in [5, 5.41) is 5.65. The fourth-order valence-electron chi connectivity index (χ4n) is 2.50. The van der Waals surface area contributed by atoms with Gasteiger partial charge in [-0.3, -0.25) is 9.59 Å². The first kappa shape index (κ1) is 16.0. The lowest BCUT2D eigenvalue weighted by molar-refractivity contribution is -0.127. The molecule has 0 aliphatic heterocycles. The van der Waals surface area contributed by atoms with Crippen molar-refractivity contribution in [2.45, 2.75) is 52.0 Å². The number of hydrogen-bond donors (Lipinski definition) is 3. The molecular formula is C14H27N3O2. The Morgan fingerprint density at radius 1 is 1.21 bits per heavy atom. The van der Waals surface area contributed by atoms with Crippen molar-refractivity contribution in [3.8, 4) is 0 Å². The summed E-state index contributed by atoms with van der Waals surface area (Å²) in [7, 11) is 0. The Morgan fingerprint density at radius 3 is 2.63 bits per heavy atom. The van der Waals surface area contributed by atoms with Gasteiger partial charge in [-0.15, -0.1) is 0 Å². The third kappa shape index (κ3) is 5.59. The van der Waals surface area contributed by atoms with Gasteiger partial charge < -0.3 is 16.4 Å². The van der Waals surface area contributed by atoms with Crippen molar-refractivity contribution in [1.29, 1.82) is 0 Å². The molecule has 0 aromatic heterocycles. The molecule has 4 N–H and O–H groups in total. The van der Waals surface area contributed by atoms with Crippen molar-refractivity contribution in [2.75, 3.05) is 13.1 Å². The van der Waals surface area contributed by atoms with E-state index in [-0.39, 0.29) is 23.8 Å². The van der Waals surface area contributed by atoms with Crippen LogP contribution in [0.15, 0.2) is 0 Å². The van der Waals surface area contributed by atoms with Crippen molar-refractivity contribution in [2.24, 2.45) is 17.6 Å². The summed E-state index contributed by atoms with van der Waals surface area (Å²) in [5.41, 5.74) is 5.91. The van der Waals surface area contributed by atoms with Crippen LogP contribution in [0.5, 0.6) is 0 Å². The van der Waals surface area contributed by atoms with Crippen LogP contribution in [0.25, 0.3) is 0 Å². The summed E-state index contributed by atoms with van der Waals surface area (Å²) < 4.78 is 0. The molecule has 1 saturated carbocycles. The number of nitrogens with two attached hydrogens (primary N) is 1. The predicted molar refractivity (Wildman–Crippen MR) is 75.4 cm³/mol. The second-order valence-electron chi connectivity index (χ2n) is 5.55. The summed E-state index contributed by atoms with van der Waals surface area (Å²) in [5.74, 6) is 0.428. The molecule has 0 bridgehead atoms. The van der Waals surface area contributed by atoms with Crippen molar-refractivity contribution in [3.05, 3.63) is 0 Å². The predicted octanol–water partition coefficient (Wildman–Crippen LogP) is 0.782. The summed E-state index contributed by atoms with van der Waals surface area (Å²) in [6, 6.07) is 0.139. The lowest BCUT2D eigenvalue weighted by Crippen LogP contribution is -2.42. The SMILES string of the molecule is CCCNC(=O)CCNC(=O)C1CC(N)CCC1C. The molecule has 5 heteroatoms. The largest absolute Gasteiger partial charge is 0.356 e. The van der Waals surface area contributed by atoms with E-state index in [9.17, 15) is 9.59 Å². The van der Waals surface area contributed by atoms with E-state index in [0.717, 1.165) is 25.7 Å². The van der Waals surface area contributed by atoms with E-state index in [1.54, 1.807) is 0 Å². The molecule has 3 unspecified atom stereocenters. The molecule has 19 heavy (non-hydrogen) atoms. The van der Waals surface area contributed by atoms with E-state index in [1.807, 2.05) is 6.92 Å². The van der Waals surface area contributed by atoms with Gasteiger partial charge in [-0.25, -0.2) is 0 Å². The molecule has 1 fully saturated rings. The molecule has 1 rings (SSSR count). The van der Waals surface area contributed by atoms with Crippen LogP contribution in [0.3, 0.4) is 0 Å². The van der Waals surface area contributed by atoms with E-state index < -0.39 is 0 Å². The van der Waals surface area contributed by atoms with Crippen LogP contribution in [-0.2, 0) is 9.59 Å². The highest BCUT2D eigenvalue weighted by atomic mass is 16.2. The molecule has 0 aromatic carbocycles. The van der Waals surface area contributed by atoms with Crippen LogP contribution in [0.1, 0.15) is 46.0 Å². The number of hydrogen-bond acceptors (Lipinski definition) is 3. The zero-order valence-electron chi connectivity index (χ0n) is 12.1. The minimum atomic E-state index is -0.00413. The first-order valence-corrected chi connectivity index (χ1v) is 7.34. The molecule has 3 atom stereocenters. The van der Waals surface area contributed by atoms with Crippen LogP contribution in [-0.4, -0.2) is 30.9 Å². The third-order valence-corrected chi connectivity index (χ3v) is 3.80. The monoisotopic (exact) mass is 269 g/mol. The first-order valence-electron chi connectivity index (χ1n) is 7.34. The maximum absolute atomic E-state index is 12.1. The zero-order valence-corrected chi connectivity index (χ0v) is 12.1. The van der Waals surface area contributed by atoms with Gasteiger partial charge in [0.05, 0.1) is 0 Å². The molecule has 0 aromatic rings. The van der Waals surface area contributed by atoms with Gasteiger partial charge in [0.15, 0.2) is 0 Å². The topological polar surface area (TPSA) is 84.2 Å². The molecule has 0 heterocycles. The minimum Gasteiger partial charge on any atom is -0.356 e. The standard InChI is InChI=1S/C14H27N3O2/c1-3-7-16-13(18)6-8-17-14(19)12-9-11(15)5-4-10(12)2/h10-12H,3-9,15H2,1-2H3,(H,16,18)(H,17,19). The summed E-state index contributed by atoms with van der Waals surface area (Å²) >= 11 is 0. The molecule has 2 amide bonds. The number of rotatable bonds is 6. The van der Waals surface area contributed by atoms with E-state index in [2.05, 4.69) is 17.6 Å². The average molecular weight is 269 g/mol. The molecule has 1 aliphatic carbocycles. The lowest BCUT2D eigenvalue weighted by Gasteiger charge is -2.31. The number of carbonyl (C=O) groups is 2. The Labute approximate surface area is 115 Å². The molecule has 1 aliphatic rings. The molecule has 110 valence electrons. The van der Waals surface area contributed by atoms with E-state index in [4.69, 9.17) is 5.73 Å². The second-order valence-corrected chi connectivity index (χ2v) is 5.55. The highest BCUT2D eigenvalue weighted by Gasteiger charge is 2.30. The summed E-state index contributed by atoms with van der Waals surface area (Å²) in [6.07, 6.45) is 4.05. The van der Waals surface area contributed by atoms with Gasteiger partial charge in [-0.2, -0.15) is 0 Å². The van der Waals surface area contributed by atoms with Gasteiger partial charge in [-0.1, -0.05) is 13.8 Å². The van der Waals surface area contributed by atoms with Gasteiger partial charge in [0.25, 0.3) is 0 Å². The maximum Gasteiger partial charge on any atom is 0.223 e. The quantitative estimate of drug-likeness (QED) is 0.666. The van der Waals surface area contributed by atoms with Gasteiger partial charge in [0.2, 0.25) is 11.8 Å². The third-order valence-electron chi connectivity index (χ3n) is 3.80. The van der Waals surface area contributed by atoms with Gasteiger partial charge in [0.1, 0.15) is 0 Å². The van der Waals surface area contributed by atoms with Crippen LogP contribution in [0.2, 0.25) is 0 Å². The van der Waals surface area contributed by atoms with Crippen LogP contribution in [0.4, 0.5) is 0 Å². The smallest absolute Gasteiger partial charge is 0.223 e. The molecule has 5 nitrogen and oxygen atoms in total. The van der Waals surface area contributed by atoms with Crippen LogP contribution < -0.4 is 16.4 Å². The Morgan fingerprint density at radius 2 is 1.95 bits per heavy atom. The Bertz CT molecular complexity index is 307. The average Bonchev–Trinajstić information content (AvgIpc) is 2.39. The fraction of sp³-hybridized carbons (Fsp3) is 0.857. The molecule has 0 spiro atoms. The van der Waals surface area contributed by atoms with Crippen molar-refractivity contribution >= 4 is 11.8 Å². The van der Waals surface area contributed by atoms with Crippen molar-refractivity contribution < 1.29 is 9.59 Å². The minimum absolute atomic E-state index is 0.00227. The Balaban J connectivity index is 2.24. The number of amides is 2. The normalized spacial score (nSPS) is 26.8. The van der Waals surface area contributed by atoms with E-state index in [1.165, 1.54) is 0 Å².